The molecule has 1 aliphatic heterocycles. The summed E-state index contributed by atoms with van der Waals surface area (Å²) in [7, 11) is 1.66. The minimum absolute atomic E-state index is 0.0555. The molecule has 2 N–H and O–H groups in total. The Hall–Kier alpha value is -2.04. The molecule has 1 atom stereocenters. The van der Waals surface area contributed by atoms with Gasteiger partial charge in [0.15, 0.2) is 0 Å². The highest BCUT2D eigenvalue weighted by molar-refractivity contribution is 5.90. The molecule has 1 aliphatic rings. The molecule has 0 bridgehead atoms. The van der Waals surface area contributed by atoms with Crippen LogP contribution in [0.3, 0.4) is 0 Å². The van der Waals surface area contributed by atoms with Crippen molar-refractivity contribution in [2.45, 2.75) is 32.4 Å². The van der Waals surface area contributed by atoms with Crippen molar-refractivity contribution in [3.05, 3.63) is 29.8 Å². The molecule has 1 aromatic carbocycles. The molecule has 0 aromatic heterocycles. The van der Waals surface area contributed by atoms with Crippen molar-refractivity contribution in [2.75, 3.05) is 18.9 Å². The monoisotopic (exact) mass is 275 g/mol. The maximum atomic E-state index is 12.3. The quantitative estimate of drug-likeness (QED) is 0.862. The van der Waals surface area contributed by atoms with Crippen LogP contribution in [-0.2, 0) is 16.0 Å². The van der Waals surface area contributed by atoms with Gasteiger partial charge in [-0.25, -0.2) is 0 Å². The highest BCUT2D eigenvalue weighted by atomic mass is 16.2. The number of para-hydroxylation sites is 1. The SMILES string of the molecule is CC(C)NC(=O)CN(C)C(=O)[C@@H]1Cc2ccccc2N1. The van der Waals surface area contributed by atoms with Crippen molar-refractivity contribution in [1.82, 2.24) is 10.2 Å². The first-order valence-electron chi connectivity index (χ1n) is 6.86. The Bertz CT molecular complexity index is 489. The smallest absolute Gasteiger partial charge is 0.245 e. The van der Waals surface area contributed by atoms with Crippen molar-refractivity contribution in [3.8, 4) is 0 Å². The normalized spacial score (nSPS) is 16.5. The molecule has 1 aromatic rings. The second-order valence-corrected chi connectivity index (χ2v) is 5.47. The van der Waals surface area contributed by atoms with Gasteiger partial charge in [0.05, 0.1) is 6.54 Å². The number of benzene rings is 1. The van der Waals surface area contributed by atoms with Crippen molar-refractivity contribution < 1.29 is 9.59 Å². The molecule has 1 heterocycles. The van der Waals surface area contributed by atoms with Crippen molar-refractivity contribution in [2.24, 2.45) is 0 Å². The fourth-order valence-electron chi connectivity index (χ4n) is 2.37. The average Bonchev–Trinajstić information content (AvgIpc) is 2.80. The zero-order valence-corrected chi connectivity index (χ0v) is 12.1. The number of carbonyl (C=O) groups is 2. The maximum absolute atomic E-state index is 12.3. The Morgan fingerprint density at radius 2 is 2.10 bits per heavy atom. The second kappa shape index (κ2) is 5.94. The molecular formula is C15H21N3O2. The summed E-state index contributed by atoms with van der Waals surface area (Å²) in [4.78, 5) is 25.5. The minimum Gasteiger partial charge on any atom is -0.373 e. The first kappa shape index (κ1) is 14.4. The summed E-state index contributed by atoms with van der Waals surface area (Å²) in [6.45, 7) is 3.88. The number of nitrogens with zero attached hydrogens (tertiary/aromatic N) is 1. The van der Waals surface area contributed by atoms with E-state index in [1.54, 1.807) is 7.05 Å². The van der Waals surface area contributed by atoms with E-state index >= 15 is 0 Å². The topological polar surface area (TPSA) is 61.4 Å². The van der Waals surface area contributed by atoms with Crippen LogP contribution >= 0.6 is 0 Å². The highest BCUT2D eigenvalue weighted by Gasteiger charge is 2.29. The largest absolute Gasteiger partial charge is 0.373 e. The molecule has 2 rings (SSSR count). The molecule has 108 valence electrons. The number of fused-ring (bicyclic) bond motifs is 1. The Labute approximate surface area is 119 Å². The van der Waals surface area contributed by atoms with Gasteiger partial charge < -0.3 is 15.5 Å². The number of nitrogens with one attached hydrogen (secondary N) is 2. The Kier molecular flexibility index (Phi) is 4.27. The first-order chi connectivity index (χ1) is 9.47. The molecular weight excluding hydrogens is 254 g/mol. The zero-order chi connectivity index (χ0) is 14.7. The molecule has 0 unspecified atom stereocenters. The van der Waals surface area contributed by atoms with Gasteiger partial charge in [-0.2, -0.15) is 0 Å². The lowest BCUT2D eigenvalue weighted by Crippen LogP contribution is -2.45. The lowest BCUT2D eigenvalue weighted by Gasteiger charge is -2.21. The molecule has 2 amide bonds. The van der Waals surface area contributed by atoms with E-state index in [0.29, 0.717) is 6.42 Å². The lowest BCUT2D eigenvalue weighted by atomic mass is 10.1. The third-order valence-electron chi connectivity index (χ3n) is 3.28. The number of amides is 2. The van der Waals surface area contributed by atoms with E-state index < -0.39 is 0 Å². The van der Waals surface area contributed by atoms with Crippen LogP contribution in [-0.4, -0.2) is 42.4 Å². The molecule has 0 spiro atoms. The Morgan fingerprint density at radius 1 is 1.40 bits per heavy atom. The summed E-state index contributed by atoms with van der Waals surface area (Å²) in [5, 5.41) is 5.99. The standard InChI is InChI=1S/C15H21N3O2/c1-10(2)16-14(19)9-18(3)15(20)13-8-11-6-4-5-7-12(11)17-13/h4-7,10,13,17H,8-9H2,1-3H3,(H,16,19)/t13-/m0/s1. The number of likely N-dealkylation sites (N-methyl/N-ethyl adjacent to an activating group) is 1. The van der Waals surface area contributed by atoms with Crippen LogP contribution in [0.15, 0.2) is 24.3 Å². The van der Waals surface area contributed by atoms with E-state index in [1.165, 1.54) is 4.90 Å². The first-order valence-corrected chi connectivity index (χ1v) is 6.86. The predicted octanol–water partition coefficient (Wildman–Crippen LogP) is 1.01. The van der Waals surface area contributed by atoms with Crippen LogP contribution in [0.25, 0.3) is 0 Å². The average molecular weight is 275 g/mol. The van der Waals surface area contributed by atoms with Crippen molar-refractivity contribution >= 4 is 17.5 Å². The van der Waals surface area contributed by atoms with Crippen molar-refractivity contribution in [1.29, 1.82) is 0 Å². The van der Waals surface area contributed by atoms with E-state index in [4.69, 9.17) is 0 Å². The number of hydrogen-bond donors (Lipinski definition) is 2. The number of anilines is 1. The predicted molar refractivity (Wildman–Crippen MR) is 78.5 cm³/mol. The van der Waals surface area contributed by atoms with Crippen LogP contribution in [0.2, 0.25) is 0 Å². The second-order valence-electron chi connectivity index (χ2n) is 5.47. The van der Waals surface area contributed by atoms with Gasteiger partial charge in [-0.05, 0) is 25.5 Å². The fraction of sp³-hybridized carbons (Fsp3) is 0.467. The van der Waals surface area contributed by atoms with Crippen LogP contribution in [0.1, 0.15) is 19.4 Å². The molecule has 0 radical (unpaired) electrons. The Morgan fingerprint density at radius 3 is 2.75 bits per heavy atom. The minimum atomic E-state index is -0.274. The van der Waals surface area contributed by atoms with Gasteiger partial charge in [0.2, 0.25) is 11.8 Å². The highest BCUT2D eigenvalue weighted by Crippen LogP contribution is 2.25. The number of rotatable bonds is 4. The fourth-order valence-corrected chi connectivity index (χ4v) is 2.37. The van der Waals surface area contributed by atoms with Gasteiger partial charge in [-0.3, -0.25) is 9.59 Å². The van der Waals surface area contributed by atoms with E-state index in [9.17, 15) is 9.59 Å². The molecule has 0 saturated carbocycles. The third-order valence-corrected chi connectivity index (χ3v) is 3.28. The third kappa shape index (κ3) is 3.29. The van der Waals surface area contributed by atoms with Gasteiger partial charge in [0.1, 0.15) is 6.04 Å². The van der Waals surface area contributed by atoms with Crippen LogP contribution in [0.4, 0.5) is 5.69 Å². The molecule has 0 aliphatic carbocycles. The van der Waals surface area contributed by atoms with Crippen LogP contribution in [0.5, 0.6) is 0 Å². The zero-order valence-electron chi connectivity index (χ0n) is 12.1. The van der Waals surface area contributed by atoms with Gasteiger partial charge in [-0.1, -0.05) is 18.2 Å². The molecule has 5 nitrogen and oxygen atoms in total. The summed E-state index contributed by atoms with van der Waals surface area (Å²) in [5.41, 5.74) is 2.15. The van der Waals surface area contributed by atoms with Crippen molar-refractivity contribution in [3.63, 3.8) is 0 Å². The van der Waals surface area contributed by atoms with Gasteiger partial charge >= 0.3 is 0 Å². The number of hydrogen-bond acceptors (Lipinski definition) is 3. The van der Waals surface area contributed by atoms with Gasteiger partial charge in [0.25, 0.3) is 0 Å². The summed E-state index contributed by atoms with van der Waals surface area (Å²) < 4.78 is 0. The summed E-state index contributed by atoms with van der Waals surface area (Å²) in [6.07, 6.45) is 0.672. The lowest BCUT2D eigenvalue weighted by molar-refractivity contribution is -0.135. The maximum Gasteiger partial charge on any atom is 0.245 e. The summed E-state index contributed by atoms with van der Waals surface area (Å²) >= 11 is 0. The summed E-state index contributed by atoms with van der Waals surface area (Å²) in [6, 6.07) is 7.70. The van der Waals surface area contributed by atoms with Gasteiger partial charge in [-0.15, -0.1) is 0 Å². The van der Waals surface area contributed by atoms with E-state index in [0.717, 1.165) is 11.3 Å². The van der Waals surface area contributed by atoms with E-state index in [2.05, 4.69) is 10.6 Å². The van der Waals surface area contributed by atoms with E-state index in [-0.39, 0.29) is 30.4 Å². The molecule has 0 saturated heterocycles. The van der Waals surface area contributed by atoms with E-state index in [1.807, 2.05) is 38.1 Å². The molecule has 0 fully saturated rings. The van der Waals surface area contributed by atoms with Crippen LogP contribution < -0.4 is 10.6 Å². The molecule has 5 heteroatoms. The number of carbonyl (C=O) groups excluding carboxylic acids is 2. The van der Waals surface area contributed by atoms with Gasteiger partial charge in [0, 0.05) is 25.2 Å². The van der Waals surface area contributed by atoms with Crippen LogP contribution in [0, 0.1) is 0 Å². The Balaban J connectivity index is 1.91. The summed E-state index contributed by atoms with van der Waals surface area (Å²) in [5.74, 6) is -0.188. The molecule has 20 heavy (non-hydrogen) atoms.